The number of nitrogens with one attached hydrogen (secondary N) is 2. The molecule has 2 amide bonds. The van der Waals surface area contributed by atoms with E-state index in [1.165, 1.54) is 37.4 Å². The lowest BCUT2D eigenvalue weighted by Crippen LogP contribution is -2.46. The summed E-state index contributed by atoms with van der Waals surface area (Å²) in [5, 5.41) is 0.579. The summed E-state index contributed by atoms with van der Waals surface area (Å²) >= 11 is 1.15. The number of hydrazine groups is 1. The average molecular weight is 436 g/mol. The van der Waals surface area contributed by atoms with Crippen molar-refractivity contribution in [2.75, 3.05) is 13.6 Å². The van der Waals surface area contributed by atoms with Crippen molar-refractivity contribution in [3.63, 3.8) is 0 Å². The van der Waals surface area contributed by atoms with E-state index in [9.17, 15) is 22.4 Å². The molecule has 0 bridgehead atoms. The van der Waals surface area contributed by atoms with Crippen molar-refractivity contribution in [3.8, 4) is 0 Å². The van der Waals surface area contributed by atoms with Gasteiger partial charge in [-0.3, -0.25) is 20.4 Å². The lowest BCUT2D eigenvalue weighted by atomic mass is 10.2. The topological polar surface area (TPSA) is 95.6 Å². The fraction of sp³-hybridized carbons (Fsp3) is 0.158. The number of halogens is 1. The van der Waals surface area contributed by atoms with E-state index in [0.717, 1.165) is 25.9 Å². The molecular weight excluding hydrogens is 417 g/mol. The molecule has 29 heavy (non-hydrogen) atoms. The Bertz CT molecular complexity index is 1170. The lowest BCUT2D eigenvalue weighted by Gasteiger charge is -2.17. The van der Waals surface area contributed by atoms with Gasteiger partial charge in [0.2, 0.25) is 10.0 Å². The number of thiophene rings is 1. The molecule has 1 heterocycles. The summed E-state index contributed by atoms with van der Waals surface area (Å²) in [7, 11) is -2.56. The van der Waals surface area contributed by atoms with Crippen molar-refractivity contribution < 1.29 is 22.4 Å². The molecule has 152 valence electrons. The number of carbonyl (C=O) groups excluding carboxylic acids is 2. The molecule has 2 N–H and O–H groups in total. The van der Waals surface area contributed by atoms with Crippen LogP contribution in [0, 0.1) is 12.7 Å². The smallest absolute Gasteiger partial charge is 0.272 e. The van der Waals surface area contributed by atoms with Gasteiger partial charge >= 0.3 is 0 Å². The van der Waals surface area contributed by atoms with Gasteiger partial charge in [-0.25, -0.2) is 12.8 Å². The quantitative estimate of drug-likeness (QED) is 0.602. The van der Waals surface area contributed by atoms with E-state index in [2.05, 4.69) is 10.9 Å². The molecule has 0 saturated carbocycles. The predicted molar refractivity (Wildman–Crippen MR) is 108 cm³/mol. The zero-order valence-corrected chi connectivity index (χ0v) is 17.2. The van der Waals surface area contributed by atoms with Gasteiger partial charge in [0.25, 0.3) is 11.8 Å². The van der Waals surface area contributed by atoms with Gasteiger partial charge < -0.3 is 0 Å². The van der Waals surface area contributed by atoms with Gasteiger partial charge in [0.1, 0.15) is 5.82 Å². The molecule has 0 aliphatic carbocycles. The van der Waals surface area contributed by atoms with Crippen molar-refractivity contribution in [1.82, 2.24) is 15.2 Å². The summed E-state index contributed by atoms with van der Waals surface area (Å²) in [6, 6.07) is 11.9. The third-order valence-corrected chi connectivity index (χ3v) is 7.05. The first-order chi connectivity index (χ1) is 13.7. The Balaban J connectivity index is 1.59. The Morgan fingerprint density at radius 2 is 1.76 bits per heavy atom. The number of hydrogen-bond donors (Lipinski definition) is 2. The highest BCUT2D eigenvalue weighted by Crippen LogP contribution is 2.26. The fourth-order valence-electron chi connectivity index (χ4n) is 2.53. The first kappa shape index (κ1) is 20.9. The molecule has 0 saturated heterocycles. The van der Waals surface area contributed by atoms with Crippen molar-refractivity contribution in [3.05, 3.63) is 64.8 Å². The van der Waals surface area contributed by atoms with Crippen LogP contribution in [0.3, 0.4) is 0 Å². The minimum Gasteiger partial charge on any atom is -0.272 e. The lowest BCUT2D eigenvalue weighted by molar-refractivity contribution is -0.121. The number of sulfonamides is 1. The number of carbonyl (C=O) groups is 2. The Kier molecular flexibility index (Phi) is 5.96. The summed E-state index contributed by atoms with van der Waals surface area (Å²) in [5.41, 5.74) is 5.34. The monoisotopic (exact) mass is 435 g/mol. The van der Waals surface area contributed by atoms with Crippen LogP contribution < -0.4 is 10.9 Å². The van der Waals surface area contributed by atoms with E-state index in [-0.39, 0.29) is 9.77 Å². The first-order valence-corrected chi connectivity index (χ1v) is 10.7. The summed E-state index contributed by atoms with van der Waals surface area (Å²) in [6.07, 6.45) is 0. The average Bonchev–Trinajstić information content (AvgIpc) is 3.09. The molecule has 2 aromatic carbocycles. The van der Waals surface area contributed by atoms with Crippen LogP contribution in [-0.4, -0.2) is 38.1 Å². The van der Waals surface area contributed by atoms with Crippen LogP contribution in [0.25, 0.3) is 10.1 Å². The highest BCUT2D eigenvalue weighted by Gasteiger charge is 2.23. The Labute approximate surface area is 171 Å². The predicted octanol–water partition coefficient (Wildman–Crippen LogP) is 2.43. The zero-order chi connectivity index (χ0) is 21.2. The minimum atomic E-state index is -3.84. The van der Waals surface area contributed by atoms with Gasteiger partial charge in [-0.1, -0.05) is 17.7 Å². The van der Waals surface area contributed by atoms with E-state index in [0.29, 0.717) is 5.39 Å². The summed E-state index contributed by atoms with van der Waals surface area (Å²) in [4.78, 5) is 24.6. The highest BCUT2D eigenvalue weighted by atomic mass is 32.2. The fourth-order valence-corrected chi connectivity index (χ4v) is 4.60. The summed E-state index contributed by atoms with van der Waals surface area (Å²) in [6.45, 7) is 1.36. The van der Waals surface area contributed by atoms with Gasteiger partial charge in [0.15, 0.2) is 0 Å². The standard InChI is InChI=1S/C19H18FN3O4S2/c1-12-3-6-15(7-4-12)29(26,27)23(2)11-18(24)21-22-19(25)17-10-13-9-14(20)5-8-16(13)28-17/h3-10H,11H2,1-2H3,(H,21,24)(H,22,25). The molecule has 7 nitrogen and oxygen atoms in total. The largest absolute Gasteiger partial charge is 0.279 e. The van der Waals surface area contributed by atoms with Crippen molar-refractivity contribution >= 4 is 43.3 Å². The molecule has 0 radical (unpaired) electrons. The van der Waals surface area contributed by atoms with E-state index in [1.807, 2.05) is 6.92 Å². The maximum Gasteiger partial charge on any atom is 0.279 e. The third kappa shape index (κ3) is 4.78. The number of benzene rings is 2. The van der Waals surface area contributed by atoms with Crippen molar-refractivity contribution in [2.24, 2.45) is 0 Å². The molecule has 3 aromatic rings. The molecular formula is C19H18FN3O4S2. The summed E-state index contributed by atoms with van der Waals surface area (Å²) in [5.74, 6) is -1.69. The van der Waals surface area contributed by atoms with Gasteiger partial charge in [0, 0.05) is 11.7 Å². The van der Waals surface area contributed by atoms with Crippen molar-refractivity contribution in [2.45, 2.75) is 11.8 Å². The minimum absolute atomic E-state index is 0.0694. The van der Waals surface area contributed by atoms with E-state index >= 15 is 0 Å². The van der Waals surface area contributed by atoms with Crippen molar-refractivity contribution in [1.29, 1.82) is 0 Å². The van der Waals surface area contributed by atoms with Gasteiger partial charge in [0.05, 0.1) is 16.3 Å². The third-order valence-electron chi connectivity index (χ3n) is 4.11. The van der Waals surface area contributed by atoms with Crippen LogP contribution in [0.5, 0.6) is 0 Å². The van der Waals surface area contributed by atoms with Crippen LogP contribution in [0.2, 0.25) is 0 Å². The second-order valence-electron chi connectivity index (χ2n) is 6.37. The maximum absolute atomic E-state index is 13.3. The van der Waals surface area contributed by atoms with Gasteiger partial charge in [-0.2, -0.15) is 4.31 Å². The summed E-state index contributed by atoms with van der Waals surface area (Å²) < 4.78 is 39.9. The Morgan fingerprint density at radius 3 is 2.45 bits per heavy atom. The second kappa shape index (κ2) is 8.27. The molecule has 1 aromatic heterocycles. The SMILES string of the molecule is Cc1ccc(S(=O)(=O)N(C)CC(=O)NNC(=O)c2cc3cc(F)ccc3s2)cc1. The maximum atomic E-state index is 13.3. The molecule has 0 atom stereocenters. The van der Waals surface area contributed by atoms with Gasteiger partial charge in [-0.05, 0) is 48.7 Å². The Morgan fingerprint density at radius 1 is 1.07 bits per heavy atom. The number of amides is 2. The first-order valence-electron chi connectivity index (χ1n) is 8.48. The molecule has 10 heteroatoms. The number of rotatable bonds is 5. The Hall–Kier alpha value is -2.82. The van der Waals surface area contributed by atoms with E-state index in [4.69, 9.17) is 0 Å². The van der Waals surface area contributed by atoms with Crippen LogP contribution >= 0.6 is 11.3 Å². The highest BCUT2D eigenvalue weighted by molar-refractivity contribution is 7.89. The number of hydrogen-bond acceptors (Lipinski definition) is 5. The van der Waals surface area contributed by atoms with Gasteiger partial charge in [-0.15, -0.1) is 11.3 Å². The number of likely N-dealkylation sites (N-methyl/N-ethyl adjacent to an activating group) is 1. The second-order valence-corrected chi connectivity index (χ2v) is 9.50. The molecule has 0 fully saturated rings. The molecule has 0 aliphatic rings. The zero-order valence-electron chi connectivity index (χ0n) is 15.6. The molecule has 0 aliphatic heterocycles. The van der Waals surface area contributed by atoms with Crippen LogP contribution in [-0.2, 0) is 14.8 Å². The number of aryl methyl sites for hydroxylation is 1. The normalized spacial score (nSPS) is 11.6. The molecule has 0 spiro atoms. The molecule has 0 unspecified atom stereocenters. The van der Waals surface area contributed by atoms with Crippen LogP contribution in [0.1, 0.15) is 15.2 Å². The molecule has 3 rings (SSSR count). The van der Waals surface area contributed by atoms with E-state index in [1.54, 1.807) is 18.2 Å². The number of fused-ring (bicyclic) bond motifs is 1. The number of nitrogens with zero attached hydrogens (tertiary/aromatic N) is 1. The van der Waals surface area contributed by atoms with Crippen LogP contribution in [0.4, 0.5) is 4.39 Å². The van der Waals surface area contributed by atoms with E-state index < -0.39 is 34.2 Å². The van der Waals surface area contributed by atoms with Crippen LogP contribution in [0.15, 0.2) is 53.4 Å².